The van der Waals surface area contributed by atoms with Crippen LogP contribution in [0.1, 0.15) is 53.4 Å². The van der Waals surface area contributed by atoms with Crippen LogP contribution in [0.2, 0.25) is 0 Å². The third-order valence-electron chi connectivity index (χ3n) is 7.02. The predicted molar refractivity (Wildman–Crippen MR) is 138 cm³/mol. The smallest absolute Gasteiger partial charge is 0.326 e. The van der Waals surface area contributed by atoms with E-state index in [1.54, 1.807) is 24.9 Å². The minimum absolute atomic E-state index is 0.00878. The van der Waals surface area contributed by atoms with Crippen molar-refractivity contribution in [1.29, 1.82) is 0 Å². The molecule has 0 saturated heterocycles. The SMILES string of the molecule is COc1ccc2c(c1OCc1cncs1)C[C@@H](C(=O)O)N(C(=O)[C@@H](OC1CCCC1)c1ccccc1)C2. The lowest BCUT2D eigenvalue weighted by atomic mass is 9.91. The number of hydrogen-bond acceptors (Lipinski definition) is 7. The number of carbonyl (C=O) groups excluding carboxylic acids is 1. The number of carbonyl (C=O) groups is 2. The molecule has 0 spiro atoms. The number of nitrogens with zero attached hydrogens (tertiary/aromatic N) is 2. The molecule has 2 aromatic carbocycles. The molecule has 37 heavy (non-hydrogen) atoms. The molecule has 0 radical (unpaired) electrons. The molecule has 1 aliphatic carbocycles. The van der Waals surface area contributed by atoms with Crippen molar-refractivity contribution in [3.05, 3.63) is 75.7 Å². The van der Waals surface area contributed by atoms with Crippen LogP contribution in [0.4, 0.5) is 0 Å². The van der Waals surface area contributed by atoms with Crippen LogP contribution in [0.5, 0.6) is 11.5 Å². The molecule has 2 heterocycles. The maximum atomic E-state index is 14.0. The van der Waals surface area contributed by atoms with Crippen LogP contribution in [0.15, 0.2) is 54.2 Å². The van der Waals surface area contributed by atoms with Gasteiger partial charge in [0.15, 0.2) is 17.6 Å². The van der Waals surface area contributed by atoms with Crippen molar-refractivity contribution in [2.75, 3.05) is 7.11 Å². The van der Waals surface area contributed by atoms with Gasteiger partial charge in [-0.3, -0.25) is 9.78 Å². The molecule has 8 nitrogen and oxygen atoms in total. The van der Waals surface area contributed by atoms with Gasteiger partial charge in [0.05, 0.1) is 23.6 Å². The summed E-state index contributed by atoms with van der Waals surface area (Å²) in [5, 5.41) is 10.2. The molecular formula is C28H30N2O6S. The Labute approximate surface area is 219 Å². The highest BCUT2D eigenvalue weighted by Gasteiger charge is 2.41. The summed E-state index contributed by atoms with van der Waals surface area (Å²) in [6, 6.07) is 12.0. The monoisotopic (exact) mass is 522 g/mol. The summed E-state index contributed by atoms with van der Waals surface area (Å²) in [5.41, 5.74) is 4.04. The highest BCUT2D eigenvalue weighted by atomic mass is 32.1. The van der Waals surface area contributed by atoms with Crippen LogP contribution < -0.4 is 9.47 Å². The Balaban J connectivity index is 1.46. The Hall–Kier alpha value is -3.43. The number of ether oxygens (including phenoxy) is 3. The largest absolute Gasteiger partial charge is 0.493 e. The lowest BCUT2D eigenvalue weighted by Gasteiger charge is -2.37. The number of benzene rings is 2. The fourth-order valence-corrected chi connectivity index (χ4v) is 5.62. The molecule has 1 fully saturated rings. The molecule has 194 valence electrons. The number of carboxylic acid groups (broad SMARTS) is 1. The number of methoxy groups -OCH3 is 1. The number of aliphatic carboxylic acids is 1. The van der Waals surface area contributed by atoms with E-state index < -0.39 is 18.1 Å². The average molecular weight is 523 g/mol. The first kappa shape index (κ1) is 25.2. The fourth-order valence-electron chi connectivity index (χ4n) is 5.12. The van der Waals surface area contributed by atoms with Crippen molar-refractivity contribution in [2.45, 2.75) is 63.5 Å². The molecule has 1 aliphatic heterocycles. The maximum Gasteiger partial charge on any atom is 0.326 e. The van der Waals surface area contributed by atoms with Crippen molar-refractivity contribution >= 4 is 23.2 Å². The lowest BCUT2D eigenvalue weighted by Crippen LogP contribution is -2.50. The molecule has 2 aliphatic rings. The minimum atomic E-state index is -1.07. The number of amides is 1. The van der Waals surface area contributed by atoms with Gasteiger partial charge in [0.25, 0.3) is 5.91 Å². The quantitative estimate of drug-likeness (QED) is 0.432. The molecule has 1 N–H and O–H groups in total. The Kier molecular flexibility index (Phi) is 7.71. The van der Waals surface area contributed by atoms with Gasteiger partial charge in [0.2, 0.25) is 0 Å². The highest BCUT2D eigenvalue weighted by molar-refractivity contribution is 7.09. The van der Waals surface area contributed by atoms with Crippen LogP contribution in [-0.4, -0.2) is 46.1 Å². The summed E-state index contributed by atoms with van der Waals surface area (Å²) < 4.78 is 18.0. The zero-order valence-corrected chi connectivity index (χ0v) is 21.5. The second-order valence-corrected chi connectivity index (χ2v) is 10.3. The normalized spacial score (nSPS) is 18.3. The van der Waals surface area contributed by atoms with Gasteiger partial charge >= 0.3 is 5.97 Å². The van der Waals surface area contributed by atoms with Crippen molar-refractivity contribution in [1.82, 2.24) is 9.88 Å². The highest BCUT2D eigenvalue weighted by Crippen LogP contribution is 2.40. The molecule has 5 rings (SSSR count). The number of rotatable bonds is 9. The maximum absolute atomic E-state index is 14.0. The zero-order chi connectivity index (χ0) is 25.8. The Morgan fingerprint density at radius 2 is 1.95 bits per heavy atom. The summed E-state index contributed by atoms with van der Waals surface area (Å²) in [7, 11) is 1.55. The molecule has 1 aromatic heterocycles. The minimum Gasteiger partial charge on any atom is -0.493 e. The van der Waals surface area contributed by atoms with Crippen molar-refractivity contribution < 1.29 is 28.9 Å². The van der Waals surface area contributed by atoms with E-state index in [1.807, 2.05) is 36.4 Å². The third kappa shape index (κ3) is 5.47. The van der Waals surface area contributed by atoms with Crippen LogP contribution >= 0.6 is 11.3 Å². The van der Waals surface area contributed by atoms with E-state index in [0.29, 0.717) is 18.1 Å². The molecule has 3 aromatic rings. The number of carboxylic acids is 1. The van der Waals surface area contributed by atoms with E-state index in [9.17, 15) is 14.7 Å². The van der Waals surface area contributed by atoms with Gasteiger partial charge in [-0.05, 0) is 30.0 Å². The summed E-state index contributed by atoms with van der Waals surface area (Å²) in [6.45, 7) is 0.437. The Bertz CT molecular complexity index is 1230. The van der Waals surface area contributed by atoms with Crippen molar-refractivity contribution in [2.24, 2.45) is 0 Å². The summed E-state index contributed by atoms with van der Waals surface area (Å²) >= 11 is 1.48. The van der Waals surface area contributed by atoms with E-state index >= 15 is 0 Å². The number of thiazole rings is 1. The number of hydrogen-bond donors (Lipinski definition) is 1. The first-order valence-electron chi connectivity index (χ1n) is 12.5. The first-order chi connectivity index (χ1) is 18.0. The van der Waals surface area contributed by atoms with Gasteiger partial charge in [-0.25, -0.2) is 4.79 Å². The van der Waals surface area contributed by atoms with Crippen LogP contribution in [0.25, 0.3) is 0 Å². The van der Waals surface area contributed by atoms with E-state index in [1.165, 1.54) is 16.2 Å². The predicted octanol–water partition coefficient (Wildman–Crippen LogP) is 4.77. The Morgan fingerprint density at radius 3 is 2.62 bits per heavy atom. The van der Waals surface area contributed by atoms with Crippen molar-refractivity contribution in [3.63, 3.8) is 0 Å². The topological polar surface area (TPSA) is 98.2 Å². The van der Waals surface area contributed by atoms with Gasteiger partial charge < -0.3 is 24.2 Å². The summed E-state index contributed by atoms with van der Waals surface area (Å²) in [5.74, 6) is -0.366. The standard InChI is InChI=1S/C28H30N2O6S/c1-34-24-12-11-19-15-30(23(28(32)33)13-22(19)26(24)35-16-21-14-29-17-37-21)27(31)25(18-7-3-2-4-8-18)36-20-9-5-6-10-20/h2-4,7-8,11-12,14,17,20,23,25H,5-6,9-10,13,15-16H2,1H3,(H,32,33)/t23-,25-/m0/s1. The van der Waals surface area contributed by atoms with Gasteiger partial charge in [-0.2, -0.15) is 0 Å². The summed E-state index contributed by atoms with van der Waals surface area (Å²) in [6.07, 6.45) is 4.93. The first-order valence-corrected chi connectivity index (χ1v) is 13.4. The van der Waals surface area contributed by atoms with Gasteiger partial charge in [0, 0.05) is 24.7 Å². The van der Waals surface area contributed by atoms with E-state index in [4.69, 9.17) is 14.2 Å². The molecule has 0 unspecified atom stereocenters. The van der Waals surface area contributed by atoms with Gasteiger partial charge in [0.1, 0.15) is 12.6 Å². The van der Waals surface area contributed by atoms with E-state index in [-0.39, 0.29) is 25.0 Å². The summed E-state index contributed by atoms with van der Waals surface area (Å²) in [4.78, 5) is 32.9. The third-order valence-corrected chi connectivity index (χ3v) is 7.78. The lowest BCUT2D eigenvalue weighted by molar-refractivity contribution is -0.160. The molecule has 1 amide bonds. The second kappa shape index (κ2) is 11.3. The number of fused-ring (bicyclic) bond motifs is 1. The molecule has 0 bridgehead atoms. The second-order valence-electron chi connectivity index (χ2n) is 9.35. The number of aromatic nitrogens is 1. The van der Waals surface area contributed by atoms with Gasteiger partial charge in [-0.1, -0.05) is 49.2 Å². The average Bonchev–Trinajstić information content (AvgIpc) is 3.64. The van der Waals surface area contributed by atoms with E-state index in [0.717, 1.165) is 47.3 Å². The van der Waals surface area contributed by atoms with E-state index in [2.05, 4.69) is 4.98 Å². The fraction of sp³-hybridized carbons (Fsp3) is 0.393. The van der Waals surface area contributed by atoms with Crippen LogP contribution in [0.3, 0.4) is 0 Å². The molecule has 2 atom stereocenters. The van der Waals surface area contributed by atoms with Gasteiger partial charge in [-0.15, -0.1) is 11.3 Å². The van der Waals surface area contributed by atoms with Crippen LogP contribution in [-0.2, 0) is 33.9 Å². The molecule has 1 saturated carbocycles. The zero-order valence-electron chi connectivity index (χ0n) is 20.7. The Morgan fingerprint density at radius 1 is 1.16 bits per heavy atom. The van der Waals surface area contributed by atoms with Crippen LogP contribution in [0, 0.1) is 0 Å². The molecule has 9 heteroatoms. The van der Waals surface area contributed by atoms with Crippen molar-refractivity contribution in [3.8, 4) is 11.5 Å². The molecular weight excluding hydrogens is 492 g/mol.